The second-order valence-electron chi connectivity index (χ2n) is 5.12. The fourth-order valence-electron chi connectivity index (χ4n) is 2.30. The van der Waals surface area contributed by atoms with Crippen molar-refractivity contribution in [3.63, 3.8) is 0 Å². The second-order valence-corrected chi connectivity index (χ2v) is 5.12. The Kier molecular flexibility index (Phi) is 4.98. The summed E-state index contributed by atoms with van der Waals surface area (Å²) in [6.45, 7) is 6.51. The molecule has 5 heteroatoms. The first kappa shape index (κ1) is 15.1. The molecule has 5 nitrogen and oxygen atoms in total. The van der Waals surface area contributed by atoms with Crippen LogP contribution in [0.5, 0.6) is 0 Å². The summed E-state index contributed by atoms with van der Waals surface area (Å²) < 4.78 is 4.22. The number of nitrogens with zero attached hydrogens (tertiary/aromatic N) is 3. The summed E-state index contributed by atoms with van der Waals surface area (Å²) in [7, 11) is 2.02. The molecule has 0 atom stereocenters. The van der Waals surface area contributed by atoms with Gasteiger partial charge in [-0.15, -0.1) is 0 Å². The topological polar surface area (TPSA) is 41.1 Å². The zero-order chi connectivity index (χ0) is 15.2. The lowest BCUT2D eigenvalue weighted by atomic mass is 10.2. The van der Waals surface area contributed by atoms with Gasteiger partial charge in [-0.25, -0.2) is 9.13 Å². The third kappa shape index (κ3) is 4.34. The zero-order valence-corrected chi connectivity index (χ0v) is 12.9. The van der Waals surface area contributed by atoms with Crippen LogP contribution in [-0.4, -0.2) is 23.6 Å². The molecule has 0 aliphatic rings. The van der Waals surface area contributed by atoms with Gasteiger partial charge in [0.05, 0.1) is 13.6 Å². The van der Waals surface area contributed by atoms with Gasteiger partial charge >= 0.3 is 0 Å². The third-order valence-electron chi connectivity index (χ3n) is 3.39. The highest BCUT2D eigenvalue weighted by molar-refractivity contribution is 5.88. The molecule has 0 aliphatic heterocycles. The number of likely N-dealkylation sites (N-methyl/N-ethyl adjacent to an activating group) is 1. The van der Waals surface area contributed by atoms with Gasteiger partial charge in [-0.3, -0.25) is 4.79 Å². The number of benzene rings is 1. The molecule has 0 saturated heterocycles. The Morgan fingerprint density at radius 1 is 1.33 bits per heavy atom. The first-order valence-electron chi connectivity index (χ1n) is 7.22. The Labute approximate surface area is 125 Å². The van der Waals surface area contributed by atoms with E-state index in [0.717, 1.165) is 25.3 Å². The average molecular weight is 287 g/mol. The van der Waals surface area contributed by atoms with Crippen molar-refractivity contribution < 1.29 is 9.36 Å². The maximum atomic E-state index is 11.0. The molecular formula is C16H23N4O+. The van der Waals surface area contributed by atoms with E-state index in [-0.39, 0.29) is 5.91 Å². The van der Waals surface area contributed by atoms with Gasteiger partial charge in [0.2, 0.25) is 12.2 Å². The number of carbonyl (C=O) groups is 1. The summed E-state index contributed by atoms with van der Waals surface area (Å²) in [5.41, 5.74) is 2.00. The molecule has 112 valence electrons. The number of anilines is 2. The van der Waals surface area contributed by atoms with Crippen molar-refractivity contribution in [2.75, 3.05) is 23.3 Å². The highest BCUT2D eigenvalue weighted by Gasteiger charge is 2.07. The molecule has 1 N–H and O–H groups in total. The fraction of sp³-hybridized carbons (Fsp3) is 0.375. The van der Waals surface area contributed by atoms with Crippen molar-refractivity contribution in [3.05, 3.63) is 43.0 Å². The van der Waals surface area contributed by atoms with Gasteiger partial charge in [-0.05, 0) is 31.2 Å². The van der Waals surface area contributed by atoms with Gasteiger partial charge < -0.3 is 10.2 Å². The first-order chi connectivity index (χ1) is 10.1. The lowest BCUT2D eigenvalue weighted by Gasteiger charge is -2.22. The minimum Gasteiger partial charge on any atom is -0.368 e. The Morgan fingerprint density at radius 3 is 2.57 bits per heavy atom. The van der Waals surface area contributed by atoms with E-state index < -0.39 is 0 Å². The van der Waals surface area contributed by atoms with E-state index in [4.69, 9.17) is 0 Å². The van der Waals surface area contributed by atoms with Gasteiger partial charge in [0.1, 0.15) is 18.9 Å². The minimum atomic E-state index is -0.0458. The van der Waals surface area contributed by atoms with Crippen LogP contribution in [0.3, 0.4) is 0 Å². The summed E-state index contributed by atoms with van der Waals surface area (Å²) in [4.78, 5) is 13.3. The van der Waals surface area contributed by atoms with Crippen molar-refractivity contribution in [3.8, 4) is 0 Å². The van der Waals surface area contributed by atoms with Crippen molar-refractivity contribution in [1.82, 2.24) is 4.57 Å². The molecule has 0 radical (unpaired) electrons. The summed E-state index contributed by atoms with van der Waals surface area (Å²) in [6.07, 6.45) is 6.19. The molecule has 21 heavy (non-hydrogen) atoms. The zero-order valence-electron chi connectivity index (χ0n) is 12.9. The highest BCUT2D eigenvalue weighted by atomic mass is 16.1. The number of nitrogens with one attached hydrogen (secondary N) is 1. The normalized spacial score (nSPS) is 10.4. The van der Waals surface area contributed by atoms with Crippen LogP contribution in [-0.2, 0) is 18.4 Å². The largest absolute Gasteiger partial charge is 0.368 e. The minimum absolute atomic E-state index is 0.0458. The molecule has 1 aromatic heterocycles. The van der Waals surface area contributed by atoms with Gasteiger partial charge in [0, 0.05) is 24.8 Å². The number of carbonyl (C=O) groups excluding carboxylic acids is 1. The molecule has 0 saturated carbocycles. The van der Waals surface area contributed by atoms with Crippen LogP contribution in [0.1, 0.15) is 13.8 Å². The smallest absolute Gasteiger partial charge is 0.243 e. The number of aryl methyl sites for hydroxylation is 1. The lowest BCUT2D eigenvalue weighted by Crippen LogP contribution is -2.28. The standard InChI is InChI=1S/C16H22N4O/c1-4-20(12-11-19-10-9-18(3)13-19)16-7-5-15(6-8-16)17-14(2)21/h5-10,13H,4,11-12H2,1-3H3/p+1. The van der Waals surface area contributed by atoms with E-state index in [1.165, 1.54) is 12.6 Å². The lowest BCUT2D eigenvalue weighted by molar-refractivity contribution is -0.671. The first-order valence-corrected chi connectivity index (χ1v) is 7.22. The molecule has 0 unspecified atom stereocenters. The van der Waals surface area contributed by atoms with Crippen LogP contribution in [0.15, 0.2) is 43.0 Å². The van der Waals surface area contributed by atoms with Crippen LogP contribution >= 0.6 is 0 Å². The van der Waals surface area contributed by atoms with E-state index in [1.54, 1.807) is 0 Å². The maximum absolute atomic E-state index is 11.0. The number of amides is 1. The van der Waals surface area contributed by atoms with Crippen LogP contribution in [0, 0.1) is 0 Å². The Hall–Kier alpha value is -2.30. The van der Waals surface area contributed by atoms with Gasteiger partial charge in [0.15, 0.2) is 0 Å². The molecule has 0 bridgehead atoms. The predicted molar refractivity (Wildman–Crippen MR) is 84.2 cm³/mol. The second kappa shape index (κ2) is 6.92. The van der Waals surface area contributed by atoms with Crippen LogP contribution in [0.2, 0.25) is 0 Å². The number of hydrogen-bond acceptors (Lipinski definition) is 2. The molecule has 1 heterocycles. The molecule has 2 aromatic rings. The summed E-state index contributed by atoms with van der Waals surface area (Å²) in [5, 5.41) is 2.79. The summed E-state index contributed by atoms with van der Waals surface area (Å²) in [6, 6.07) is 7.97. The molecule has 2 rings (SSSR count). The molecule has 1 aromatic carbocycles. The SMILES string of the molecule is CCN(CCn1cc[n+](C)c1)c1ccc(NC(C)=O)cc1. The Balaban J connectivity index is 1.98. The monoisotopic (exact) mass is 287 g/mol. The van der Waals surface area contributed by atoms with Crippen molar-refractivity contribution in [1.29, 1.82) is 0 Å². The van der Waals surface area contributed by atoms with Gasteiger partial charge in [-0.2, -0.15) is 0 Å². The van der Waals surface area contributed by atoms with Crippen molar-refractivity contribution in [2.24, 2.45) is 7.05 Å². The van der Waals surface area contributed by atoms with Crippen molar-refractivity contribution >= 4 is 17.3 Å². The van der Waals surface area contributed by atoms with Crippen molar-refractivity contribution in [2.45, 2.75) is 20.4 Å². The molecular weight excluding hydrogens is 264 g/mol. The van der Waals surface area contributed by atoms with E-state index >= 15 is 0 Å². The Bertz CT molecular complexity index is 589. The van der Waals surface area contributed by atoms with Gasteiger partial charge in [-0.1, -0.05) is 0 Å². The number of imidazole rings is 1. The third-order valence-corrected chi connectivity index (χ3v) is 3.39. The Morgan fingerprint density at radius 2 is 2.05 bits per heavy atom. The van der Waals surface area contributed by atoms with Gasteiger partial charge in [0.25, 0.3) is 0 Å². The molecule has 0 spiro atoms. The predicted octanol–water partition coefficient (Wildman–Crippen LogP) is 1.80. The van der Waals surface area contributed by atoms with Crippen LogP contribution in [0.25, 0.3) is 0 Å². The summed E-state index contributed by atoms with van der Waals surface area (Å²) >= 11 is 0. The number of rotatable bonds is 6. The summed E-state index contributed by atoms with van der Waals surface area (Å²) in [5.74, 6) is -0.0458. The number of aromatic nitrogens is 2. The quantitative estimate of drug-likeness (QED) is 0.823. The van der Waals surface area contributed by atoms with Crippen LogP contribution < -0.4 is 14.8 Å². The maximum Gasteiger partial charge on any atom is 0.243 e. The van der Waals surface area contributed by atoms with Crippen LogP contribution in [0.4, 0.5) is 11.4 Å². The van der Waals surface area contributed by atoms with E-state index in [0.29, 0.717) is 0 Å². The van der Waals surface area contributed by atoms with E-state index in [1.807, 2.05) is 42.1 Å². The average Bonchev–Trinajstić information content (AvgIpc) is 2.86. The molecule has 0 fully saturated rings. The molecule has 0 aliphatic carbocycles. The number of hydrogen-bond donors (Lipinski definition) is 1. The highest BCUT2D eigenvalue weighted by Crippen LogP contribution is 2.17. The molecule has 1 amide bonds. The van der Waals surface area contributed by atoms with E-state index in [9.17, 15) is 4.79 Å². The van der Waals surface area contributed by atoms with E-state index in [2.05, 4.69) is 34.2 Å². The fourth-order valence-corrected chi connectivity index (χ4v) is 2.30.